The molecule has 2 aromatic rings. The molecule has 20 heavy (non-hydrogen) atoms. The van der Waals surface area contributed by atoms with Gasteiger partial charge in [-0.05, 0) is 30.2 Å². The van der Waals surface area contributed by atoms with Crippen LogP contribution in [0.3, 0.4) is 0 Å². The fraction of sp³-hybridized carbons (Fsp3) is 0.294. The summed E-state index contributed by atoms with van der Waals surface area (Å²) in [6.45, 7) is 4.09. The molecule has 2 rings (SSSR count). The molecule has 0 bridgehead atoms. The first-order valence-electron chi connectivity index (χ1n) is 6.79. The Balaban J connectivity index is 1.76. The molecule has 0 atom stereocenters. The average molecular weight is 272 g/mol. The van der Waals surface area contributed by atoms with Crippen molar-refractivity contribution in [1.29, 1.82) is 0 Å². The lowest BCUT2D eigenvalue weighted by Crippen LogP contribution is -2.00. The average Bonchev–Trinajstić information content (AvgIpc) is 2.52. The minimum absolute atomic E-state index is 0.336. The molecule has 3 heteroatoms. The fourth-order valence-electron chi connectivity index (χ4n) is 1.72. The zero-order valence-electron chi connectivity index (χ0n) is 11.7. The van der Waals surface area contributed by atoms with E-state index in [0.717, 1.165) is 16.9 Å². The Labute approximate surface area is 120 Å². The predicted molar refractivity (Wildman–Crippen MR) is 78.5 cm³/mol. The van der Waals surface area contributed by atoms with Gasteiger partial charge in [-0.2, -0.15) is 0 Å². The van der Waals surface area contributed by atoms with Crippen molar-refractivity contribution in [3.63, 3.8) is 0 Å². The standard InChI is InChI=1S/C17H20O3/c1-2-18-14-19-12-16-8-10-17(11-9-16)20-13-15-6-4-3-5-7-15/h3-11H,2,12-14H2,1H3. The summed E-state index contributed by atoms with van der Waals surface area (Å²) in [5.41, 5.74) is 2.27. The lowest BCUT2D eigenvalue weighted by molar-refractivity contribution is -0.0571. The van der Waals surface area contributed by atoms with Crippen LogP contribution in [0.15, 0.2) is 54.6 Å². The number of ether oxygens (including phenoxy) is 3. The first kappa shape index (κ1) is 14.6. The topological polar surface area (TPSA) is 27.7 Å². The summed E-state index contributed by atoms with van der Waals surface area (Å²) in [7, 11) is 0. The zero-order valence-corrected chi connectivity index (χ0v) is 11.7. The van der Waals surface area contributed by atoms with E-state index in [1.807, 2.05) is 49.4 Å². The molecule has 3 nitrogen and oxygen atoms in total. The van der Waals surface area contributed by atoms with Gasteiger partial charge in [-0.3, -0.25) is 0 Å². The van der Waals surface area contributed by atoms with Crippen molar-refractivity contribution in [2.75, 3.05) is 13.4 Å². The molecule has 0 heterocycles. The van der Waals surface area contributed by atoms with Crippen LogP contribution in [0.25, 0.3) is 0 Å². The van der Waals surface area contributed by atoms with E-state index in [4.69, 9.17) is 14.2 Å². The molecule has 0 radical (unpaired) electrons. The summed E-state index contributed by atoms with van der Waals surface area (Å²) < 4.78 is 16.2. The van der Waals surface area contributed by atoms with Gasteiger partial charge in [0.2, 0.25) is 0 Å². The van der Waals surface area contributed by atoms with Crippen LogP contribution in [0.2, 0.25) is 0 Å². The summed E-state index contributed by atoms with van der Waals surface area (Å²) in [5.74, 6) is 0.863. The molecular formula is C17H20O3. The monoisotopic (exact) mass is 272 g/mol. The third-order valence-corrected chi connectivity index (χ3v) is 2.81. The Bertz CT molecular complexity index is 479. The lowest BCUT2D eigenvalue weighted by Gasteiger charge is -2.08. The number of hydrogen-bond donors (Lipinski definition) is 0. The molecule has 0 aromatic heterocycles. The van der Waals surface area contributed by atoms with Crippen molar-refractivity contribution >= 4 is 0 Å². The van der Waals surface area contributed by atoms with Crippen molar-refractivity contribution in [2.45, 2.75) is 20.1 Å². The quantitative estimate of drug-likeness (QED) is 0.540. The van der Waals surface area contributed by atoms with E-state index >= 15 is 0 Å². The normalized spacial score (nSPS) is 10.4. The second-order valence-electron chi connectivity index (χ2n) is 4.38. The van der Waals surface area contributed by atoms with Gasteiger partial charge in [-0.1, -0.05) is 42.5 Å². The van der Waals surface area contributed by atoms with E-state index in [1.165, 1.54) is 0 Å². The van der Waals surface area contributed by atoms with E-state index in [2.05, 4.69) is 12.1 Å². The highest BCUT2D eigenvalue weighted by Gasteiger charge is 1.97. The summed E-state index contributed by atoms with van der Waals surface area (Å²) in [5, 5.41) is 0. The lowest BCUT2D eigenvalue weighted by atomic mass is 10.2. The third kappa shape index (κ3) is 5.03. The first-order valence-corrected chi connectivity index (χ1v) is 6.79. The smallest absolute Gasteiger partial charge is 0.147 e. The first-order chi connectivity index (χ1) is 9.88. The van der Waals surface area contributed by atoms with Crippen molar-refractivity contribution in [2.24, 2.45) is 0 Å². The SMILES string of the molecule is CCOCOCc1ccc(OCc2ccccc2)cc1. The highest BCUT2D eigenvalue weighted by atomic mass is 16.7. The summed E-state index contributed by atoms with van der Waals surface area (Å²) >= 11 is 0. The molecule has 106 valence electrons. The van der Waals surface area contributed by atoms with Gasteiger partial charge < -0.3 is 14.2 Å². The van der Waals surface area contributed by atoms with E-state index in [0.29, 0.717) is 26.6 Å². The van der Waals surface area contributed by atoms with E-state index in [-0.39, 0.29) is 0 Å². The van der Waals surface area contributed by atoms with Gasteiger partial charge in [0, 0.05) is 6.61 Å². The van der Waals surface area contributed by atoms with E-state index < -0.39 is 0 Å². The molecular weight excluding hydrogens is 252 g/mol. The molecule has 0 spiro atoms. The van der Waals surface area contributed by atoms with Crippen molar-refractivity contribution in [3.8, 4) is 5.75 Å². The molecule has 0 unspecified atom stereocenters. The minimum atomic E-state index is 0.336. The fourth-order valence-corrected chi connectivity index (χ4v) is 1.72. The maximum absolute atomic E-state index is 5.72. The molecule has 2 aromatic carbocycles. The van der Waals surface area contributed by atoms with Gasteiger partial charge in [0.05, 0.1) is 6.61 Å². The Morgan fingerprint density at radius 2 is 1.45 bits per heavy atom. The van der Waals surface area contributed by atoms with Crippen molar-refractivity contribution < 1.29 is 14.2 Å². The van der Waals surface area contributed by atoms with Crippen LogP contribution in [0.1, 0.15) is 18.1 Å². The van der Waals surface area contributed by atoms with Crippen molar-refractivity contribution in [1.82, 2.24) is 0 Å². The Hall–Kier alpha value is -1.84. The van der Waals surface area contributed by atoms with E-state index in [1.54, 1.807) is 0 Å². The van der Waals surface area contributed by atoms with Gasteiger partial charge in [0.25, 0.3) is 0 Å². The minimum Gasteiger partial charge on any atom is -0.489 e. The summed E-state index contributed by atoms with van der Waals surface area (Å²) in [6, 6.07) is 18.1. The van der Waals surface area contributed by atoms with Gasteiger partial charge in [0.1, 0.15) is 19.1 Å². The Kier molecular flexibility index (Phi) is 6.08. The molecule has 0 saturated heterocycles. The molecule has 0 saturated carbocycles. The molecule has 0 amide bonds. The van der Waals surface area contributed by atoms with Crippen molar-refractivity contribution in [3.05, 3.63) is 65.7 Å². The van der Waals surface area contributed by atoms with Crippen LogP contribution in [0.4, 0.5) is 0 Å². The molecule has 0 aliphatic heterocycles. The van der Waals surface area contributed by atoms with Crippen LogP contribution < -0.4 is 4.74 Å². The van der Waals surface area contributed by atoms with Crippen LogP contribution in [-0.4, -0.2) is 13.4 Å². The zero-order chi connectivity index (χ0) is 14.0. The van der Waals surface area contributed by atoms with Gasteiger partial charge in [0.15, 0.2) is 0 Å². The van der Waals surface area contributed by atoms with Crippen LogP contribution in [0, 0.1) is 0 Å². The number of benzene rings is 2. The van der Waals surface area contributed by atoms with Gasteiger partial charge >= 0.3 is 0 Å². The number of rotatable bonds is 8. The van der Waals surface area contributed by atoms with Gasteiger partial charge in [-0.15, -0.1) is 0 Å². The van der Waals surface area contributed by atoms with E-state index in [9.17, 15) is 0 Å². The predicted octanol–water partition coefficient (Wildman–Crippen LogP) is 3.78. The third-order valence-electron chi connectivity index (χ3n) is 2.81. The van der Waals surface area contributed by atoms with Crippen LogP contribution >= 0.6 is 0 Å². The molecule has 0 fully saturated rings. The maximum Gasteiger partial charge on any atom is 0.147 e. The summed E-state index contributed by atoms with van der Waals surface area (Å²) in [6.07, 6.45) is 0. The van der Waals surface area contributed by atoms with Crippen LogP contribution in [-0.2, 0) is 22.7 Å². The van der Waals surface area contributed by atoms with Crippen LogP contribution in [0.5, 0.6) is 5.75 Å². The number of hydrogen-bond acceptors (Lipinski definition) is 3. The highest BCUT2D eigenvalue weighted by Crippen LogP contribution is 2.14. The second kappa shape index (κ2) is 8.35. The second-order valence-corrected chi connectivity index (χ2v) is 4.38. The maximum atomic E-state index is 5.72. The Morgan fingerprint density at radius 1 is 0.750 bits per heavy atom. The molecule has 0 aliphatic carbocycles. The largest absolute Gasteiger partial charge is 0.489 e. The van der Waals surface area contributed by atoms with Gasteiger partial charge in [-0.25, -0.2) is 0 Å². The highest BCUT2D eigenvalue weighted by molar-refractivity contribution is 5.27. The Morgan fingerprint density at radius 3 is 2.15 bits per heavy atom. The summed E-state index contributed by atoms with van der Waals surface area (Å²) in [4.78, 5) is 0. The molecule has 0 aliphatic rings. The molecule has 0 N–H and O–H groups in total.